The zero-order valence-electron chi connectivity index (χ0n) is 8.63. The smallest absolute Gasteiger partial charge is 0.137 e. The van der Waals surface area contributed by atoms with Gasteiger partial charge >= 0.3 is 0 Å². The fourth-order valence-corrected chi connectivity index (χ4v) is 1.80. The molecule has 1 aromatic carbocycles. The zero-order chi connectivity index (χ0) is 11.5. The van der Waals surface area contributed by atoms with Crippen molar-refractivity contribution < 1.29 is 9.50 Å². The van der Waals surface area contributed by atoms with Crippen molar-refractivity contribution in [3.63, 3.8) is 0 Å². The van der Waals surface area contributed by atoms with Gasteiger partial charge in [0.2, 0.25) is 0 Å². The number of hydrogen-bond donors (Lipinski definition) is 2. The predicted octanol–water partition coefficient (Wildman–Crippen LogP) is 2.23. The first-order chi connectivity index (χ1) is 7.00. The largest absolute Gasteiger partial charge is 0.388 e. The SMILES string of the molecule is CCC(O)(CN)Cc1ccc(F)c(Br)c1. The Labute approximate surface area is 97.4 Å². The second-order valence-corrected chi connectivity index (χ2v) is 4.56. The summed E-state index contributed by atoms with van der Waals surface area (Å²) in [7, 11) is 0. The van der Waals surface area contributed by atoms with Crippen molar-refractivity contribution >= 4 is 15.9 Å². The van der Waals surface area contributed by atoms with E-state index >= 15 is 0 Å². The van der Waals surface area contributed by atoms with Gasteiger partial charge < -0.3 is 10.8 Å². The molecule has 0 heterocycles. The fourth-order valence-electron chi connectivity index (χ4n) is 1.37. The highest BCUT2D eigenvalue weighted by Gasteiger charge is 2.23. The highest BCUT2D eigenvalue weighted by molar-refractivity contribution is 9.10. The average molecular weight is 276 g/mol. The minimum atomic E-state index is -0.892. The van der Waals surface area contributed by atoms with E-state index in [9.17, 15) is 9.50 Å². The summed E-state index contributed by atoms with van der Waals surface area (Å²) in [5, 5.41) is 10.0. The lowest BCUT2D eigenvalue weighted by atomic mass is 9.92. The predicted molar refractivity (Wildman–Crippen MR) is 62.1 cm³/mol. The van der Waals surface area contributed by atoms with Crippen LogP contribution in [-0.4, -0.2) is 17.3 Å². The minimum Gasteiger partial charge on any atom is -0.388 e. The molecule has 1 aromatic rings. The van der Waals surface area contributed by atoms with Crippen LogP contribution in [0.2, 0.25) is 0 Å². The molecule has 0 spiro atoms. The third-order valence-corrected chi connectivity index (χ3v) is 3.16. The minimum absolute atomic E-state index is 0.207. The second kappa shape index (κ2) is 5.05. The maximum Gasteiger partial charge on any atom is 0.137 e. The number of nitrogens with two attached hydrogens (primary N) is 1. The molecule has 1 unspecified atom stereocenters. The zero-order valence-corrected chi connectivity index (χ0v) is 10.2. The van der Waals surface area contributed by atoms with E-state index < -0.39 is 5.60 Å². The molecule has 0 saturated carbocycles. The first kappa shape index (κ1) is 12.6. The van der Waals surface area contributed by atoms with Crippen LogP contribution in [0.3, 0.4) is 0 Å². The van der Waals surface area contributed by atoms with Gasteiger partial charge in [0.15, 0.2) is 0 Å². The van der Waals surface area contributed by atoms with E-state index in [1.165, 1.54) is 6.07 Å². The summed E-state index contributed by atoms with van der Waals surface area (Å²) in [6, 6.07) is 4.72. The molecule has 2 nitrogen and oxygen atoms in total. The molecule has 1 rings (SSSR count). The number of rotatable bonds is 4. The van der Waals surface area contributed by atoms with Gasteiger partial charge in [0.1, 0.15) is 5.82 Å². The molecule has 0 aliphatic carbocycles. The van der Waals surface area contributed by atoms with Gasteiger partial charge in [0.05, 0.1) is 10.1 Å². The Morgan fingerprint density at radius 1 is 1.53 bits per heavy atom. The standard InChI is InChI=1S/C11H15BrFNO/c1-2-11(15,7-14)6-8-3-4-10(13)9(12)5-8/h3-5,15H,2,6-7,14H2,1H3. The highest BCUT2D eigenvalue weighted by atomic mass is 79.9. The van der Waals surface area contributed by atoms with E-state index in [0.717, 1.165) is 5.56 Å². The van der Waals surface area contributed by atoms with Crippen LogP contribution in [0.15, 0.2) is 22.7 Å². The lowest BCUT2D eigenvalue weighted by Gasteiger charge is -2.24. The van der Waals surface area contributed by atoms with Gasteiger partial charge in [-0.2, -0.15) is 0 Å². The van der Waals surface area contributed by atoms with E-state index in [-0.39, 0.29) is 12.4 Å². The van der Waals surface area contributed by atoms with E-state index in [1.54, 1.807) is 12.1 Å². The van der Waals surface area contributed by atoms with Gasteiger partial charge in [-0.1, -0.05) is 13.0 Å². The first-order valence-corrected chi connectivity index (χ1v) is 5.66. The maximum absolute atomic E-state index is 13.0. The van der Waals surface area contributed by atoms with Crippen LogP contribution >= 0.6 is 15.9 Å². The molecule has 0 bridgehead atoms. The third kappa shape index (κ3) is 3.26. The van der Waals surface area contributed by atoms with Crippen molar-refractivity contribution in [3.8, 4) is 0 Å². The molecule has 0 aromatic heterocycles. The Morgan fingerprint density at radius 3 is 2.67 bits per heavy atom. The first-order valence-electron chi connectivity index (χ1n) is 4.87. The topological polar surface area (TPSA) is 46.2 Å². The molecule has 0 saturated heterocycles. The van der Waals surface area contributed by atoms with Crippen LogP contribution in [0.1, 0.15) is 18.9 Å². The van der Waals surface area contributed by atoms with E-state index in [4.69, 9.17) is 5.73 Å². The van der Waals surface area contributed by atoms with Crippen LogP contribution in [0.5, 0.6) is 0 Å². The van der Waals surface area contributed by atoms with Crippen molar-refractivity contribution in [1.82, 2.24) is 0 Å². The number of aliphatic hydroxyl groups is 1. The average Bonchev–Trinajstić information content (AvgIpc) is 2.23. The lowest BCUT2D eigenvalue weighted by molar-refractivity contribution is 0.0456. The molecule has 4 heteroatoms. The van der Waals surface area contributed by atoms with Crippen LogP contribution in [-0.2, 0) is 6.42 Å². The molecule has 84 valence electrons. The normalized spacial score (nSPS) is 15.0. The van der Waals surface area contributed by atoms with Crippen molar-refractivity contribution in [1.29, 1.82) is 0 Å². The van der Waals surface area contributed by atoms with Crippen LogP contribution in [0.25, 0.3) is 0 Å². The molecule has 0 radical (unpaired) electrons. The third-order valence-electron chi connectivity index (χ3n) is 2.56. The quantitative estimate of drug-likeness (QED) is 0.885. The van der Waals surface area contributed by atoms with E-state index in [0.29, 0.717) is 17.3 Å². The monoisotopic (exact) mass is 275 g/mol. The van der Waals surface area contributed by atoms with E-state index in [1.807, 2.05) is 6.92 Å². The van der Waals surface area contributed by atoms with Gasteiger partial charge in [-0.05, 0) is 40.0 Å². The van der Waals surface area contributed by atoms with Crippen LogP contribution in [0, 0.1) is 5.82 Å². The summed E-state index contributed by atoms with van der Waals surface area (Å²) in [5.41, 5.74) is 5.48. The summed E-state index contributed by atoms with van der Waals surface area (Å²) in [4.78, 5) is 0. The highest BCUT2D eigenvalue weighted by Crippen LogP contribution is 2.21. The Kier molecular flexibility index (Phi) is 4.25. The summed E-state index contributed by atoms with van der Waals surface area (Å²) >= 11 is 3.11. The van der Waals surface area contributed by atoms with Crippen molar-refractivity contribution in [2.75, 3.05) is 6.54 Å². The molecule has 0 aliphatic rings. The van der Waals surface area contributed by atoms with Gasteiger partial charge in [-0.15, -0.1) is 0 Å². The Morgan fingerprint density at radius 2 is 2.20 bits per heavy atom. The van der Waals surface area contributed by atoms with E-state index in [2.05, 4.69) is 15.9 Å². The van der Waals surface area contributed by atoms with Crippen molar-refractivity contribution in [2.45, 2.75) is 25.4 Å². The molecule has 0 aliphatic heterocycles. The number of hydrogen-bond acceptors (Lipinski definition) is 2. The number of halogens is 2. The van der Waals surface area contributed by atoms with Crippen molar-refractivity contribution in [2.24, 2.45) is 5.73 Å². The Bertz CT molecular complexity index is 339. The Hall–Kier alpha value is -0.450. The van der Waals surface area contributed by atoms with Gasteiger partial charge in [-0.3, -0.25) is 0 Å². The van der Waals surface area contributed by atoms with Crippen LogP contribution < -0.4 is 5.73 Å². The summed E-state index contributed by atoms with van der Waals surface area (Å²) in [5.74, 6) is -0.300. The lowest BCUT2D eigenvalue weighted by Crippen LogP contribution is -2.39. The van der Waals surface area contributed by atoms with Gasteiger partial charge in [0.25, 0.3) is 0 Å². The number of benzene rings is 1. The van der Waals surface area contributed by atoms with Gasteiger partial charge in [-0.25, -0.2) is 4.39 Å². The molecule has 0 amide bonds. The molecule has 1 atom stereocenters. The second-order valence-electron chi connectivity index (χ2n) is 3.71. The Balaban J connectivity index is 2.85. The van der Waals surface area contributed by atoms with Crippen molar-refractivity contribution in [3.05, 3.63) is 34.1 Å². The molecular weight excluding hydrogens is 261 g/mol. The molecular formula is C11H15BrFNO. The summed E-state index contributed by atoms with van der Waals surface area (Å²) in [6.45, 7) is 2.09. The summed E-state index contributed by atoms with van der Waals surface area (Å²) < 4.78 is 13.4. The van der Waals surface area contributed by atoms with Crippen LogP contribution in [0.4, 0.5) is 4.39 Å². The molecule has 3 N–H and O–H groups in total. The molecule has 0 fully saturated rings. The molecule has 15 heavy (non-hydrogen) atoms. The maximum atomic E-state index is 13.0. The van der Waals surface area contributed by atoms with Gasteiger partial charge in [0, 0.05) is 13.0 Å². The summed E-state index contributed by atoms with van der Waals surface area (Å²) in [6.07, 6.45) is 1.03. The fraction of sp³-hybridized carbons (Fsp3) is 0.455.